The second-order valence-corrected chi connectivity index (χ2v) is 11.9. The lowest BCUT2D eigenvalue weighted by atomic mass is 10.1. The Kier molecular flexibility index (Phi) is 6.21. The minimum atomic E-state index is -3.81. The Balaban J connectivity index is 1.57. The molecule has 4 rings (SSSR count). The van der Waals surface area contributed by atoms with Crippen molar-refractivity contribution in [2.24, 2.45) is 0 Å². The number of hydrogen-bond acceptors (Lipinski definition) is 4. The first kappa shape index (κ1) is 22.0. The van der Waals surface area contributed by atoms with E-state index in [1.54, 1.807) is 48.5 Å². The molecule has 0 aliphatic carbocycles. The van der Waals surface area contributed by atoms with Gasteiger partial charge in [-0.25, -0.2) is 16.8 Å². The summed E-state index contributed by atoms with van der Waals surface area (Å²) in [6, 6.07) is 21.5. The van der Waals surface area contributed by atoms with Crippen molar-refractivity contribution in [3.8, 4) is 11.1 Å². The van der Waals surface area contributed by atoms with Crippen molar-refractivity contribution in [2.75, 3.05) is 12.3 Å². The molecule has 1 saturated heterocycles. The largest absolute Gasteiger partial charge is 0.243 e. The average Bonchev–Trinajstić information content (AvgIpc) is 3.23. The Morgan fingerprint density at radius 2 is 1.52 bits per heavy atom. The van der Waals surface area contributed by atoms with E-state index in [1.165, 1.54) is 16.4 Å². The molecule has 0 spiro atoms. The lowest BCUT2D eigenvalue weighted by Crippen LogP contribution is -2.39. The zero-order chi connectivity index (χ0) is 22.1. The summed E-state index contributed by atoms with van der Waals surface area (Å²) in [4.78, 5) is 0.368. The van der Waals surface area contributed by atoms with Crippen molar-refractivity contribution in [3.05, 3.63) is 83.9 Å². The third kappa shape index (κ3) is 4.70. The molecule has 1 aliphatic heterocycles. The summed E-state index contributed by atoms with van der Waals surface area (Å²) >= 11 is 6.05. The summed E-state index contributed by atoms with van der Waals surface area (Å²) < 4.78 is 53.5. The summed E-state index contributed by atoms with van der Waals surface area (Å²) in [7, 11) is -7.39. The van der Waals surface area contributed by atoms with E-state index in [0.29, 0.717) is 24.4 Å². The molecule has 162 valence electrons. The minimum Gasteiger partial charge on any atom is -0.224 e. The molecule has 1 fully saturated rings. The second kappa shape index (κ2) is 8.74. The van der Waals surface area contributed by atoms with Gasteiger partial charge in [-0.05, 0) is 60.4 Å². The molecule has 0 aromatic heterocycles. The predicted octanol–water partition coefficient (Wildman–Crippen LogP) is 4.63. The maximum atomic E-state index is 13.3. The van der Waals surface area contributed by atoms with Crippen LogP contribution in [0, 0.1) is 0 Å². The van der Waals surface area contributed by atoms with E-state index < -0.39 is 25.9 Å². The highest BCUT2D eigenvalue weighted by molar-refractivity contribution is 7.91. The first-order chi connectivity index (χ1) is 14.8. The SMILES string of the molecule is O=S(=O)(CC1CCCN1S(=O)(=O)c1ccc(-c2cccc(Cl)c2)cc1)c1ccccc1. The Morgan fingerprint density at radius 3 is 2.19 bits per heavy atom. The van der Waals surface area contributed by atoms with Crippen LogP contribution in [0.5, 0.6) is 0 Å². The third-order valence-corrected chi connectivity index (χ3v) is 9.47. The van der Waals surface area contributed by atoms with Crippen LogP contribution in [-0.2, 0) is 19.9 Å². The fraction of sp³-hybridized carbons (Fsp3) is 0.217. The number of sulfonamides is 1. The quantitative estimate of drug-likeness (QED) is 0.521. The van der Waals surface area contributed by atoms with Gasteiger partial charge in [-0.15, -0.1) is 0 Å². The molecule has 0 bridgehead atoms. The summed E-state index contributed by atoms with van der Waals surface area (Å²) in [6.45, 7) is 0.313. The lowest BCUT2D eigenvalue weighted by molar-refractivity contribution is 0.408. The molecule has 0 amide bonds. The highest BCUT2D eigenvalue weighted by Gasteiger charge is 2.38. The van der Waals surface area contributed by atoms with Gasteiger partial charge in [0.15, 0.2) is 9.84 Å². The van der Waals surface area contributed by atoms with E-state index in [1.807, 2.05) is 18.2 Å². The predicted molar refractivity (Wildman–Crippen MR) is 122 cm³/mol. The maximum absolute atomic E-state index is 13.3. The van der Waals surface area contributed by atoms with Crippen molar-refractivity contribution in [2.45, 2.75) is 28.7 Å². The van der Waals surface area contributed by atoms with E-state index in [-0.39, 0.29) is 15.5 Å². The molecule has 3 aromatic rings. The topological polar surface area (TPSA) is 71.5 Å². The van der Waals surface area contributed by atoms with Gasteiger partial charge < -0.3 is 0 Å². The van der Waals surface area contributed by atoms with E-state index in [4.69, 9.17) is 11.6 Å². The lowest BCUT2D eigenvalue weighted by Gasteiger charge is -2.24. The number of rotatable bonds is 6. The standard InChI is InChI=1S/C23H22ClNO4S2/c24-20-7-4-6-19(16-20)18-11-13-23(14-12-18)31(28,29)25-15-5-8-21(25)17-30(26,27)22-9-2-1-3-10-22/h1-4,6-7,9-14,16,21H,5,8,15,17H2. The second-order valence-electron chi connectivity index (χ2n) is 7.54. The van der Waals surface area contributed by atoms with E-state index >= 15 is 0 Å². The normalized spacial score (nSPS) is 17.6. The van der Waals surface area contributed by atoms with Gasteiger partial charge in [0.25, 0.3) is 0 Å². The minimum absolute atomic E-state index is 0.155. The molecular formula is C23H22ClNO4S2. The number of halogens is 1. The monoisotopic (exact) mass is 475 g/mol. The van der Waals surface area contributed by atoms with Gasteiger partial charge in [0, 0.05) is 17.6 Å². The molecular weight excluding hydrogens is 454 g/mol. The molecule has 1 atom stereocenters. The van der Waals surface area contributed by atoms with Gasteiger partial charge in [0.2, 0.25) is 10.0 Å². The van der Waals surface area contributed by atoms with E-state index in [2.05, 4.69) is 0 Å². The Morgan fingerprint density at radius 1 is 0.806 bits per heavy atom. The Bertz CT molecular complexity index is 1270. The average molecular weight is 476 g/mol. The van der Waals surface area contributed by atoms with Gasteiger partial charge in [0.05, 0.1) is 15.5 Å². The molecule has 1 unspecified atom stereocenters. The van der Waals surface area contributed by atoms with Gasteiger partial charge in [-0.1, -0.05) is 54.1 Å². The first-order valence-electron chi connectivity index (χ1n) is 9.93. The number of sulfone groups is 1. The molecule has 5 nitrogen and oxygen atoms in total. The molecule has 0 saturated carbocycles. The molecule has 1 aliphatic rings. The van der Waals surface area contributed by atoms with Gasteiger partial charge in [-0.2, -0.15) is 4.31 Å². The van der Waals surface area contributed by atoms with Crippen LogP contribution in [0.3, 0.4) is 0 Å². The van der Waals surface area contributed by atoms with Crippen LogP contribution < -0.4 is 0 Å². The smallest absolute Gasteiger partial charge is 0.224 e. The summed E-state index contributed by atoms with van der Waals surface area (Å²) in [5.41, 5.74) is 1.75. The van der Waals surface area contributed by atoms with Crippen LogP contribution in [0.2, 0.25) is 5.02 Å². The van der Waals surface area contributed by atoms with Crippen LogP contribution in [0.1, 0.15) is 12.8 Å². The van der Waals surface area contributed by atoms with Crippen molar-refractivity contribution < 1.29 is 16.8 Å². The molecule has 31 heavy (non-hydrogen) atoms. The highest BCUT2D eigenvalue weighted by Crippen LogP contribution is 2.30. The third-order valence-electron chi connectivity index (χ3n) is 5.46. The van der Waals surface area contributed by atoms with Gasteiger partial charge in [0.1, 0.15) is 0 Å². The van der Waals surface area contributed by atoms with Crippen LogP contribution >= 0.6 is 11.6 Å². The van der Waals surface area contributed by atoms with Crippen LogP contribution in [0.4, 0.5) is 0 Å². The molecule has 0 radical (unpaired) electrons. The Labute approximate surface area is 188 Å². The number of nitrogens with zero attached hydrogens (tertiary/aromatic N) is 1. The molecule has 3 aromatic carbocycles. The Hall–Kier alpha value is -2.19. The van der Waals surface area contributed by atoms with Crippen molar-refractivity contribution in [1.29, 1.82) is 0 Å². The maximum Gasteiger partial charge on any atom is 0.243 e. The summed E-state index contributed by atoms with van der Waals surface area (Å²) in [5.74, 6) is -0.225. The fourth-order valence-electron chi connectivity index (χ4n) is 3.89. The summed E-state index contributed by atoms with van der Waals surface area (Å²) in [6.07, 6.45) is 1.15. The zero-order valence-corrected chi connectivity index (χ0v) is 19.1. The number of benzene rings is 3. The van der Waals surface area contributed by atoms with Crippen LogP contribution in [-0.4, -0.2) is 39.5 Å². The fourth-order valence-corrected chi connectivity index (χ4v) is 7.49. The highest BCUT2D eigenvalue weighted by atomic mass is 35.5. The van der Waals surface area contributed by atoms with Gasteiger partial charge in [-0.3, -0.25) is 0 Å². The molecule has 1 heterocycles. The zero-order valence-electron chi connectivity index (χ0n) is 16.7. The van der Waals surface area contributed by atoms with Crippen LogP contribution in [0.25, 0.3) is 11.1 Å². The molecule has 8 heteroatoms. The van der Waals surface area contributed by atoms with Crippen LogP contribution in [0.15, 0.2) is 88.7 Å². The van der Waals surface area contributed by atoms with E-state index in [0.717, 1.165) is 11.1 Å². The summed E-state index contributed by atoms with van der Waals surface area (Å²) in [5, 5.41) is 0.605. The van der Waals surface area contributed by atoms with Crippen molar-refractivity contribution >= 4 is 31.5 Å². The van der Waals surface area contributed by atoms with Gasteiger partial charge >= 0.3 is 0 Å². The first-order valence-corrected chi connectivity index (χ1v) is 13.4. The number of hydrogen-bond donors (Lipinski definition) is 0. The van der Waals surface area contributed by atoms with Crippen molar-refractivity contribution in [1.82, 2.24) is 4.31 Å². The molecule has 0 N–H and O–H groups in total. The van der Waals surface area contributed by atoms with Crippen molar-refractivity contribution in [3.63, 3.8) is 0 Å². The van der Waals surface area contributed by atoms with E-state index in [9.17, 15) is 16.8 Å².